The number of para-hydroxylation sites is 1. The number of nitrogens with one attached hydrogen (secondary N) is 2. The van der Waals surface area contributed by atoms with Gasteiger partial charge < -0.3 is 19.9 Å². The lowest BCUT2D eigenvalue weighted by Crippen LogP contribution is -2.45. The molecular formula is C21H25ClN4O2S. The highest BCUT2D eigenvalue weighted by atomic mass is 35.5. The van der Waals surface area contributed by atoms with Crippen molar-refractivity contribution in [2.45, 2.75) is 6.92 Å². The molecule has 1 saturated heterocycles. The molecule has 2 aromatic carbocycles. The smallest absolute Gasteiger partial charge is 0.264 e. The van der Waals surface area contributed by atoms with Gasteiger partial charge in [-0.1, -0.05) is 29.8 Å². The summed E-state index contributed by atoms with van der Waals surface area (Å²) in [6.07, 6.45) is 0. The Hall–Kier alpha value is -2.35. The molecular weight excluding hydrogens is 408 g/mol. The molecule has 0 bridgehead atoms. The Bertz CT molecular complexity index is 885. The molecule has 1 heterocycles. The molecule has 6 nitrogen and oxygen atoms in total. The van der Waals surface area contributed by atoms with Crippen LogP contribution in [-0.4, -0.2) is 55.8 Å². The summed E-state index contributed by atoms with van der Waals surface area (Å²) in [5.74, 6) is 0.318. The number of anilines is 2. The first-order chi connectivity index (χ1) is 13.9. The number of hydrogen-bond donors (Lipinski definition) is 2. The fraction of sp³-hybridized carbons (Fsp3) is 0.333. The molecule has 1 fully saturated rings. The Kier molecular flexibility index (Phi) is 7.30. The Balaban J connectivity index is 1.59. The van der Waals surface area contributed by atoms with Crippen LogP contribution in [-0.2, 0) is 4.79 Å². The number of nitrogens with zero attached hydrogens (tertiary/aromatic N) is 2. The van der Waals surface area contributed by atoms with Gasteiger partial charge in [-0.3, -0.25) is 10.1 Å². The van der Waals surface area contributed by atoms with Gasteiger partial charge in [0.1, 0.15) is 5.75 Å². The molecule has 3 rings (SSSR count). The number of piperazine rings is 1. The van der Waals surface area contributed by atoms with E-state index in [0.29, 0.717) is 10.8 Å². The Morgan fingerprint density at radius 3 is 2.62 bits per heavy atom. The molecule has 29 heavy (non-hydrogen) atoms. The summed E-state index contributed by atoms with van der Waals surface area (Å²) in [4.78, 5) is 16.7. The van der Waals surface area contributed by atoms with Crippen molar-refractivity contribution in [1.29, 1.82) is 0 Å². The van der Waals surface area contributed by atoms with Crippen LogP contribution in [0.4, 0.5) is 11.4 Å². The molecule has 2 aromatic rings. The first-order valence-electron chi connectivity index (χ1n) is 9.44. The molecule has 8 heteroatoms. The summed E-state index contributed by atoms with van der Waals surface area (Å²) in [6.45, 7) is 5.52. The fourth-order valence-corrected chi connectivity index (χ4v) is 3.66. The van der Waals surface area contributed by atoms with Crippen LogP contribution in [0, 0.1) is 6.92 Å². The van der Waals surface area contributed by atoms with Crippen molar-refractivity contribution in [2.24, 2.45) is 0 Å². The molecule has 154 valence electrons. The van der Waals surface area contributed by atoms with Crippen LogP contribution in [0.5, 0.6) is 5.75 Å². The quantitative estimate of drug-likeness (QED) is 0.707. The van der Waals surface area contributed by atoms with E-state index >= 15 is 0 Å². The number of carbonyl (C=O) groups excluding carboxylic acids is 1. The summed E-state index contributed by atoms with van der Waals surface area (Å²) in [5, 5.41) is 6.62. The van der Waals surface area contributed by atoms with E-state index in [4.69, 9.17) is 28.6 Å². The number of rotatable bonds is 5. The molecule has 0 atom stereocenters. The molecule has 1 aliphatic rings. The second kappa shape index (κ2) is 9.91. The first kappa shape index (κ1) is 21.4. The van der Waals surface area contributed by atoms with Crippen molar-refractivity contribution in [3.63, 3.8) is 0 Å². The van der Waals surface area contributed by atoms with Gasteiger partial charge in [0.15, 0.2) is 11.7 Å². The number of aryl methyl sites for hydroxylation is 1. The minimum absolute atomic E-state index is 0.119. The van der Waals surface area contributed by atoms with Crippen molar-refractivity contribution >= 4 is 46.2 Å². The fourth-order valence-electron chi connectivity index (χ4n) is 3.14. The van der Waals surface area contributed by atoms with Gasteiger partial charge in [0.05, 0.1) is 16.4 Å². The summed E-state index contributed by atoms with van der Waals surface area (Å²) in [7, 11) is 2.10. The molecule has 2 N–H and O–H groups in total. The van der Waals surface area contributed by atoms with Gasteiger partial charge in [0, 0.05) is 26.2 Å². The second-order valence-electron chi connectivity index (χ2n) is 7.03. The van der Waals surface area contributed by atoms with Crippen LogP contribution >= 0.6 is 23.8 Å². The summed E-state index contributed by atoms with van der Waals surface area (Å²) < 4.78 is 5.51. The molecule has 1 amide bonds. The zero-order valence-corrected chi connectivity index (χ0v) is 18.1. The number of likely N-dealkylation sites (N-methyl/N-ethyl adjacent to an activating group) is 1. The van der Waals surface area contributed by atoms with Crippen LogP contribution in [0.15, 0.2) is 42.5 Å². The van der Waals surface area contributed by atoms with Crippen LogP contribution in [0.3, 0.4) is 0 Å². The van der Waals surface area contributed by atoms with E-state index in [1.165, 1.54) is 0 Å². The second-order valence-corrected chi connectivity index (χ2v) is 7.85. The summed E-state index contributed by atoms with van der Waals surface area (Å²) in [6, 6.07) is 13.2. The maximum Gasteiger partial charge on any atom is 0.264 e. The van der Waals surface area contributed by atoms with E-state index < -0.39 is 0 Å². The minimum Gasteiger partial charge on any atom is -0.484 e. The lowest BCUT2D eigenvalue weighted by Gasteiger charge is -2.35. The molecule has 0 radical (unpaired) electrons. The number of halogens is 1. The monoisotopic (exact) mass is 432 g/mol. The third-order valence-electron chi connectivity index (χ3n) is 4.67. The van der Waals surface area contributed by atoms with Crippen LogP contribution in [0.2, 0.25) is 5.02 Å². The molecule has 0 unspecified atom stereocenters. The van der Waals surface area contributed by atoms with E-state index in [2.05, 4.69) is 27.5 Å². The predicted octanol–water partition coefficient (Wildman–Crippen LogP) is 3.29. The zero-order valence-electron chi connectivity index (χ0n) is 16.6. The van der Waals surface area contributed by atoms with Crippen molar-refractivity contribution in [3.05, 3.63) is 53.1 Å². The molecule has 0 saturated carbocycles. The van der Waals surface area contributed by atoms with E-state index in [1.807, 2.05) is 49.4 Å². The van der Waals surface area contributed by atoms with Gasteiger partial charge in [-0.05, 0) is 56.0 Å². The number of benzene rings is 2. The maximum absolute atomic E-state index is 12.2. The Labute approximate surface area is 181 Å². The van der Waals surface area contributed by atoms with Crippen molar-refractivity contribution in [1.82, 2.24) is 10.2 Å². The number of hydrogen-bond acceptors (Lipinski definition) is 5. The van der Waals surface area contributed by atoms with Crippen molar-refractivity contribution < 1.29 is 9.53 Å². The number of carbonyl (C=O) groups is 1. The molecule has 0 aromatic heterocycles. The van der Waals surface area contributed by atoms with E-state index in [9.17, 15) is 4.79 Å². The SMILES string of the molecule is Cc1cccc(OCC(=O)NC(=S)Nc2cccc(Cl)c2N2CCN(C)CC2)c1. The molecule has 0 spiro atoms. The Morgan fingerprint density at radius 2 is 1.90 bits per heavy atom. The van der Waals surface area contributed by atoms with Crippen LogP contribution in [0.25, 0.3) is 0 Å². The van der Waals surface area contributed by atoms with Crippen LogP contribution in [0.1, 0.15) is 5.56 Å². The number of thiocarbonyl (C=S) groups is 1. The standard InChI is InChI=1S/C21H25ClN4O2S/c1-15-5-3-6-16(13-15)28-14-19(27)24-21(29)23-18-8-4-7-17(22)20(18)26-11-9-25(2)10-12-26/h3-8,13H,9-12,14H2,1-2H3,(H2,23,24,27,29). The first-order valence-corrected chi connectivity index (χ1v) is 10.2. The largest absolute Gasteiger partial charge is 0.484 e. The summed E-state index contributed by atoms with van der Waals surface area (Å²) in [5.41, 5.74) is 2.74. The number of ether oxygens (including phenoxy) is 1. The van der Waals surface area contributed by atoms with Crippen LogP contribution < -0.4 is 20.3 Å². The van der Waals surface area contributed by atoms with Crippen molar-refractivity contribution in [3.8, 4) is 5.75 Å². The van der Waals surface area contributed by atoms with Gasteiger partial charge in [-0.25, -0.2) is 0 Å². The molecule has 0 aliphatic carbocycles. The summed E-state index contributed by atoms with van der Waals surface area (Å²) >= 11 is 11.8. The van der Waals surface area contributed by atoms with E-state index in [0.717, 1.165) is 43.1 Å². The maximum atomic E-state index is 12.2. The number of amides is 1. The topological polar surface area (TPSA) is 56.8 Å². The average molecular weight is 433 g/mol. The Morgan fingerprint density at radius 1 is 1.17 bits per heavy atom. The predicted molar refractivity (Wildman–Crippen MR) is 122 cm³/mol. The third kappa shape index (κ3) is 6.06. The van der Waals surface area contributed by atoms with Gasteiger partial charge in [-0.2, -0.15) is 0 Å². The highest BCUT2D eigenvalue weighted by Gasteiger charge is 2.20. The lowest BCUT2D eigenvalue weighted by atomic mass is 10.2. The normalized spacial score (nSPS) is 14.4. The minimum atomic E-state index is -0.327. The highest BCUT2D eigenvalue weighted by molar-refractivity contribution is 7.80. The molecule has 1 aliphatic heterocycles. The van der Waals surface area contributed by atoms with Gasteiger partial charge >= 0.3 is 0 Å². The average Bonchev–Trinajstić information content (AvgIpc) is 2.68. The zero-order chi connectivity index (χ0) is 20.8. The van der Waals surface area contributed by atoms with Gasteiger partial charge in [-0.15, -0.1) is 0 Å². The lowest BCUT2D eigenvalue weighted by molar-refractivity contribution is -0.121. The van der Waals surface area contributed by atoms with E-state index in [-0.39, 0.29) is 17.6 Å². The van der Waals surface area contributed by atoms with Gasteiger partial charge in [0.2, 0.25) is 0 Å². The van der Waals surface area contributed by atoms with Crippen molar-refractivity contribution in [2.75, 3.05) is 50.1 Å². The van der Waals surface area contributed by atoms with Gasteiger partial charge in [0.25, 0.3) is 5.91 Å². The third-order valence-corrected chi connectivity index (χ3v) is 5.18. The van der Waals surface area contributed by atoms with E-state index in [1.54, 1.807) is 0 Å². The highest BCUT2D eigenvalue weighted by Crippen LogP contribution is 2.34.